The molecule has 5 saturated heterocycles. The molecule has 0 bridgehead atoms. The van der Waals surface area contributed by atoms with Gasteiger partial charge in [-0.15, -0.1) is 0 Å². The summed E-state index contributed by atoms with van der Waals surface area (Å²) in [6, 6.07) is 1.49. The van der Waals surface area contributed by atoms with Crippen molar-refractivity contribution in [3.8, 4) is 0 Å². The van der Waals surface area contributed by atoms with E-state index >= 15 is 0 Å². The third kappa shape index (κ3) is 51.8. The van der Waals surface area contributed by atoms with Gasteiger partial charge >= 0.3 is 0 Å². The Morgan fingerprint density at radius 2 is 0.863 bits per heavy atom. The summed E-state index contributed by atoms with van der Waals surface area (Å²) in [5, 5.41) is 51.8. The number of methoxy groups -OCH3 is 2. The van der Waals surface area contributed by atoms with Crippen LogP contribution in [0.4, 0.5) is 0 Å². The van der Waals surface area contributed by atoms with Gasteiger partial charge in [-0.05, 0) is 177 Å². The Hall–Kier alpha value is -8.01. The van der Waals surface area contributed by atoms with Crippen molar-refractivity contribution < 1.29 is 18.9 Å². The maximum atomic E-state index is 7.40. The zero-order chi connectivity index (χ0) is 87.0. The van der Waals surface area contributed by atoms with Crippen molar-refractivity contribution in [1.82, 2.24) is 70.7 Å². The molecule has 0 aliphatic carbocycles. The van der Waals surface area contributed by atoms with Crippen LogP contribution in [0.2, 0.25) is 0 Å². The minimum Gasteiger partial charge on any atom is -0.463 e. The minimum atomic E-state index is 0.180. The molecule has 0 saturated carbocycles. The lowest BCUT2D eigenvalue weighted by molar-refractivity contribution is 0.0574. The molecule has 117 heavy (non-hydrogen) atoms. The smallest absolute Gasteiger partial charge is 0.287 e. The molecule has 16 N–H and O–H groups in total. The van der Waals surface area contributed by atoms with E-state index in [0.29, 0.717) is 24.1 Å². The molecule has 676 valence electrons. The van der Waals surface area contributed by atoms with Crippen molar-refractivity contribution in [2.24, 2.45) is 69.0 Å². The molecule has 13 rings (SSSR count). The van der Waals surface area contributed by atoms with Gasteiger partial charge in [0, 0.05) is 217 Å². The van der Waals surface area contributed by atoms with Crippen molar-refractivity contribution in [2.45, 2.75) is 211 Å². The van der Waals surface area contributed by atoms with Crippen LogP contribution in [0, 0.1) is 38.9 Å². The van der Waals surface area contributed by atoms with Crippen molar-refractivity contribution in [3.05, 3.63) is 0 Å². The van der Waals surface area contributed by atoms with Crippen molar-refractivity contribution in [1.29, 1.82) is 27.0 Å². The molecule has 0 aromatic rings. The summed E-state index contributed by atoms with van der Waals surface area (Å²) in [5.74, 6) is 8.19. The first-order valence-electron chi connectivity index (χ1n) is 44.2. The Kier molecular flexibility index (Phi) is 62.0. The summed E-state index contributed by atoms with van der Waals surface area (Å²) in [6.07, 6.45) is 22.0. The minimum absolute atomic E-state index is 0.180. The number of rotatable bonds is 10. The number of piperazine rings is 1. The van der Waals surface area contributed by atoms with Gasteiger partial charge in [0.15, 0.2) is 29.8 Å². The molecule has 0 radical (unpaired) electrons. The van der Waals surface area contributed by atoms with Gasteiger partial charge in [0.2, 0.25) is 0 Å². The number of ether oxygens (including phenoxy) is 4. The van der Waals surface area contributed by atoms with Crippen LogP contribution in [0.5, 0.6) is 0 Å². The number of piperidine rings is 4. The number of hydrogen-bond acceptors (Lipinski definition) is 26. The molecular weight excluding hydrogens is 1480 g/mol. The number of guanidine groups is 5. The van der Waals surface area contributed by atoms with Crippen LogP contribution in [-0.4, -0.2) is 372 Å². The van der Waals surface area contributed by atoms with Gasteiger partial charge in [-0.3, -0.25) is 57.0 Å². The lowest BCUT2D eigenvalue weighted by Gasteiger charge is -2.32. The number of nitrogens with zero attached hydrogens (tertiary/aromatic N) is 17. The highest BCUT2D eigenvalue weighted by Gasteiger charge is 2.22. The standard InChI is InChI=1S/C8H16N2O.C8H16N2.C7H15N3O.C7H15N3.C7H14N2.C6H14N4.C6H13N3.C6H12N2O.C6H12N2.2C6H11N.C5H11N3.C5H10N2O/c1-7(9)10-5-3-8(11-2)4-6-10;1-7-3-5-10(6-4-7)8(2)9;1-11-6-2-4-10(5-3-6)7(8)9;1-6-2-4-10(5-3-6)7(8)9;1-3-9(2)7-5-4-6-8-7;1-9-2-4-10(5-3-9)6(7)8;1-3-9(2)6-7-4-5-8-6;1-3-8(2)6-7-4-5-9-6;1-2-7-6-4-3-5-8-6;2*1-2-6-4-3-5-7-6;2*1-2-6-5-7-3-4-8-5/h8-9H,3-6H2,1-2H3;7,9H,3-6H2,1-2H3;6H,2-5H2,1H3,(H3,8,9);6H,2-5H2,1H3,(H3,8,9);3-6H2,1-2H3;2-5H2,1H3,(H3,7,8);3-5H2,1-2H3,(H,7,8);3-5H2,1-2H3;2-5H2,1H3,(H,7,8);2*2-5H2,1H3;2-4H2,1H3,(H2,6,7,8);2-4H2,1H3,(H,6,7). The molecule has 0 amide bonds. The van der Waals surface area contributed by atoms with Gasteiger partial charge in [0.05, 0.1) is 61.7 Å². The van der Waals surface area contributed by atoms with Gasteiger partial charge in [0.1, 0.15) is 13.2 Å². The third-order valence-corrected chi connectivity index (χ3v) is 21.1. The zero-order valence-corrected chi connectivity index (χ0v) is 76.7. The highest BCUT2D eigenvalue weighted by molar-refractivity contribution is 5.86. The molecule has 34 nitrogen and oxygen atoms in total. The van der Waals surface area contributed by atoms with E-state index in [-0.39, 0.29) is 17.9 Å². The predicted octanol–water partition coefficient (Wildman–Crippen LogP) is 7.48. The average Bonchev–Trinajstić information content (AvgIpc) is 1.71. The van der Waals surface area contributed by atoms with E-state index in [1.54, 1.807) is 14.2 Å². The summed E-state index contributed by atoms with van der Waals surface area (Å²) in [4.78, 5) is 52.1. The van der Waals surface area contributed by atoms with E-state index < -0.39 is 0 Å². The lowest BCUT2D eigenvalue weighted by Crippen LogP contribution is -2.49. The highest BCUT2D eigenvalue weighted by Crippen LogP contribution is 2.18. The Labute approximate surface area is 708 Å². The molecular formula is C83H170N30O4. The Bertz CT molecular complexity index is 2620. The molecule has 0 spiro atoms. The highest BCUT2D eigenvalue weighted by atomic mass is 16.5. The Morgan fingerprint density at radius 3 is 1.21 bits per heavy atom. The summed E-state index contributed by atoms with van der Waals surface area (Å²) < 4.78 is 20.6. The second-order valence-electron chi connectivity index (χ2n) is 30.4. The second-order valence-corrected chi connectivity index (χ2v) is 30.4. The first-order chi connectivity index (χ1) is 56.3. The van der Waals surface area contributed by atoms with Crippen LogP contribution in [0.25, 0.3) is 0 Å². The number of amidine groups is 6. The number of hydrogen-bond donors (Lipinski definition) is 13. The van der Waals surface area contributed by atoms with E-state index in [4.69, 9.17) is 63.2 Å². The van der Waals surface area contributed by atoms with Gasteiger partial charge in [-0.2, -0.15) is 0 Å². The number of likely N-dealkylation sites (tertiary alicyclic amines) is 4. The van der Waals surface area contributed by atoms with E-state index in [2.05, 4.69) is 167 Å². The molecule has 13 aliphatic heterocycles. The molecule has 0 unspecified atom stereocenters. The Morgan fingerprint density at radius 1 is 0.444 bits per heavy atom. The van der Waals surface area contributed by atoms with E-state index in [9.17, 15) is 0 Å². The summed E-state index contributed by atoms with van der Waals surface area (Å²) in [5.41, 5.74) is 18.8. The molecule has 0 aromatic heterocycles. The molecule has 0 aromatic carbocycles. The first-order valence-corrected chi connectivity index (χ1v) is 44.2. The van der Waals surface area contributed by atoms with Crippen LogP contribution >= 0.6 is 0 Å². The monoisotopic (exact) mass is 1650 g/mol. The van der Waals surface area contributed by atoms with E-state index in [1.165, 1.54) is 107 Å². The zero-order valence-electron chi connectivity index (χ0n) is 76.7. The number of nitrogens with two attached hydrogens (primary N) is 3. The summed E-state index contributed by atoms with van der Waals surface area (Å²) in [6.45, 7) is 53.8. The quantitative estimate of drug-likeness (QED) is 0.0744. The molecule has 13 heterocycles. The SMILES string of the molecule is CC(=N)N1CCC(C)CC1.CC1CCN(C(=N)N)CC1.CCC1=NCCC1.CCC1=NCCC1.CCN(C)C1=NCCC1.CCN(C)C1=NCCN1.CCN(C)C1=NCCO1.CCNC1=NCCC1.CCNC1=NCCN1.CCNC1=NCCO1.CN1CCN(C(=N)N)CC1.COC1CCN(C(=N)N)CC1.COC1CCN(C(C)=N)CC1. The van der Waals surface area contributed by atoms with Crippen molar-refractivity contribution in [3.63, 3.8) is 0 Å². The number of nitrogens with one attached hydrogen (secondary N) is 10. The van der Waals surface area contributed by atoms with Crippen LogP contribution in [0.3, 0.4) is 0 Å². The number of likely N-dealkylation sites (N-methyl/N-ethyl adjacent to an activating group) is 1. The largest absolute Gasteiger partial charge is 0.463 e. The maximum Gasteiger partial charge on any atom is 0.287 e. The Balaban J connectivity index is 0.000000635. The molecule has 34 heteroatoms. The fourth-order valence-electron chi connectivity index (χ4n) is 12.8. The fourth-order valence-corrected chi connectivity index (χ4v) is 12.8. The summed E-state index contributed by atoms with van der Waals surface area (Å²) >= 11 is 0. The number of aliphatic imine (C=N–C) groups is 8. The van der Waals surface area contributed by atoms with Crippen molar-refractivity contribution >= 4 is 76.6 Å². The van der Waals surface area contributed by atoms with Gasteiger partial charge in [0.25, 0.3) is 12.0 Å². The van der Waals surface area contributed by atoms with E-state index in [1.807, 2.05) is 54.5 Å². The molecule has 0 atom stereocenters. The van der Waals surface area contributed by atoms with Gasteiger partial charge < -0.3 is 107 Å². The second kappa shape index (κ2) is 67.8. The van der Waals surface area contributed by atoms with E-state index in [0.717, 1.165) is 264 Å². The van der Waals surface area contributed by atoms with Gasteiger partial charge in [-0.25, -0.2) is 9.98 Å². The first kappa shape index (κ1) is 107. The van der Waals surface area contributed by atoms with Crippen LogP contribution in [0.1, 0.15) is 199 Å². The third-order valence-electron chi connectivity index (χ3n) is 21.1. The normalized spacial score (nSPS) is 19.2. The maximum absolute atomic E-state index is 7.40. The summed E-state index contributed by atoms with van der Waals surface area (Å²) in [7, 11) is 11.7. The average molecular weight is 1650 g/mol. The van der Waals surface area contributed by atoms with Crippen LogP contribution < -0.4 is 43.8 Å². The topological polar surface area (TPSA) is 422 Å². The lowest BCUT2D eigenvalue weighted by atomic mass is 9.99. The van der Waals surface area contributed by atoms with Crippen molar-refractivity contribution in [2.75, 3.05) is 239 Å². The van der Waals surface area contributed by atoms with Crippen LogP contribution in [-0.2, 0) is 18.9 Å². The molecule has 13 aliphatic rings. The molecule has 5 fully saturated rings. The predicted molar refractivity (Wildman–Crippen MR) is 495 cm³/mol. The van der Waals surface area contributed by atoms with Crippen LogP contribution in [0.15, 0.2) is 39.9 Å². The fraction of sp³-hybridized carbons (Fsp3) is 0.843. The van der Waals surface area contributed by atoms with Gasteiger partial charge in [-0.1, -0.05) is 27.7 Å².